The van der Waals surface area contributed by atoms with Crippen LogP contribution in [0.2, 0.25) is 0 Å². The summed E-state index contributed by atoms with van der Waals surface area (Å²) in [5, 5.41) is 15.6. The summed E-state index contributed by atoms with van der Waals surface area (Å²) in [6.45, 7) is 2.51. The Balaban J connectivity index is 1.92. The molecule has 2 aromatic rings. The fourth-order valence-electron chi connectivity index (χ4n) is 3.16. The molecule has 0 bridgehead atoms. The third kappa shape index (κ3) is 3.22. The van der Waals surface area contributed by atoms with Gasteiger partial charge in [0.05, 0.1) is 23.8 Å². The van der Waals surface area contributed by atoms with Gasteiger partial charge in [0.15, 0.2) is 11.9 Å². The Morgan fingerprint density at radius 1 is 1.42 bits per heavy atom. The van der Waals surface area contributed by atoms with Gasteiger partial charge in [-0.1, -0.05) is 19.8 Å². The summed E-state index contributed by atoms with van der Waals surface area (Å²) in [6, 6.07) is 0. The summed E-state index contributed by atoms with van der Waals surface area (Å²) in [7, 11) is 1.59. The molecule has 2 aromatic heterocycles. The highest BCUT2D eigenvalue weighted by molar-refractivity contribution is 5.88. The molecule has 24 heavy (non-hydrogen) atoms. The maximum absolute atomic E-state index is 10.2. The Bertz CT molecular complexity index is 690. The molecule has 3 rings (SSSR count). The van der Waals surface area contributed by atoms with Crippen molar-refractivity contribution in [3.05, 3.63) is 12.0 Å². The molecule has 1 aliphatic heterocycles. The smallest absolute Gasteiger partial charge is 0.166 e. The monoisotopic (exact) mass is 335 g/mol. The van der Waals surface area contributed by atoms with Crippen molar-refractivity contribution in [3.63, 3.8) is 0 Å². The number of hydrogen-bond donors (Lipinski definition) is 2. The van der Waals surface area contributed by atoms with Crippen LogP contribution in [0.1, 0.15) is 44.5 Å². The molecule has 3 atom stereocenters. The Morgan fingerprint density at radius 2 is 2.25 bits per heavy atom. The van der Waals surface area contributed by atoms with Crippen LogP contribution in [0.4, 0.5) is 5.82 Å². The van der Waals surface area contributed by atoms with Crippen LogP contribution in [0, 0.1) is 0 Å². The number of ether oxygens (including phenoxy) is 2. The van der Waals surface area contributed by atoms with E-state index >= 15 is 0 Å². The number of anilines is 1. The third-order valence-corrected chi connectivity index (χ3v) is 4.42. The van der Waals surface area contributed by atoms with Crippen molar-refractivity contribution in [1.29, 1.82) is 0 Å². The molecular weight excluding hydrogens is 310 g/mol. The Labute approximate surface area is 141 Å². The Hall–Kier alpha value is -1.77. The van der Waals surface area contributed by atoms with Gasteiger partial charge >= 0.3 is 0 Å². The van der Waals surface area contributed by atoms with Crippen molar-refractivity contribution < 1.29 is 14.6 Å². The second-order valence-electron chi connectivity index (χ2n) is 6.19. The largest absolute Gasteiger partial charge is 0.390 e. The lowest BCUT2D eigenvalue weighted by Gasteiger charge is -2.14. The normalized spacial score (nSPS) is 24.0. The van der Waals surface area contributed by atoms with E-state index in [1.165, 1.54) is 6.33 Å². The van der Waals surface area contributed by atoms with Crippen molar-refractivity contribution >= 4 is 16.9 Å². The van der Waals surface area contributed by atoms with E-state index < -0.39 is 6.10 Å². The molecule has 0 unspecified atom stereocenters. The highest BCUT2D eigenvalue weighted by atomic mass is 16.6. The van der Waals surface area contributed by atoms with E-state index in [2.05, 4.69) is 16.9 Å². The minimum absolute atomic E-state index is 0.345. The van der Waals surface area contributed by atoms with Crippen LogP contribution in [-0.4, -0.2) is 50.8 Å². The second kappa shape index (κ2) is 7.42. The van der Waals surface area contributed by atoms with Crippen molar-refractivity contribution in [2.75, 3.05) is 19.5 Å². The zero-order valence-electron chi connectivity index (χ0n) is 14.2. The number of rotatable bonds is 7. The quantitative estimate of drug-likeness (QED) is 0.737. The number of aliphatic hydroxyl groups is 1. The molecule has 3 heterocycles. The number of fused-ring (bicyclic) bond motifs is 1. The minimum Gasteiger partial charge on any atom is -0.390 e. The van der Waals surface area contributed by atoms with Gasteiger partial charge < -0.3 is 20.3 Å². The zero-order chi connectivity index (χ0) is 17.1. The molecule has 1 aliphatic rings. The molecule has 3 N–H and O–H groups in total. The van der Waals surface area contributed by atoms with E-state index in [0.717, 1.165) is 36.8 Å². The lowest BCUT2D eigenvalue weighted by Crippen LogP contribution is -2.25. The van der Waals surface area contributed by atoms with Crippen LogP contribution in [-0.2, 0) is 15.9 Å². The van der Waals surface area contributed by atoms with Crippen molar-refractivity contribution in [3.8, 4) is 0 Å². The highest BCUT2D eigenvalue weighted by Gasteiger charge is 2.36. The highest BCUT2D eigenvalue weighted by Crippen LogP contribution is 2.33. The van der Waals surface area contributed by atoms with Crippen LogP contribution in [0.15, 0.2) is 6.33 Å². The van der Waals surface area contributed by atoms with E-state index in [-0.39, 0.29) is 12.3 Å². The van der Waals surface area contributed by atoms with Gasteiger partial charge in [-0.2, -0.15) is 5.10 Å². The molecule has 1 saturated heterocycles. The first-order valence-electron chi connectivity index (χ1n) is 8.45. The van der Waals surface area contributed by atoms with Crippen molar-refractivity contribution in [1.82, 2.24) is 19.7 Å². The lowest BCUT2D eigenvalue weighted by molar-refractivity contribution is -0.0558. The van der Waals surface area contributed by atoms with E-state index in [1.54, 1.807) is 11.8 Å². The fraction of sp³-hybridized carbons (Fsp3) is 0.688. The average molecular weight is 335 g/mol. The van der Waals surface area contributed by atoms with Gasteiger partial charge in [0.25, 0.3) is 0 Å². The number of aromatic nitrogens is 4. The van der Waals surface area contributed by atoms with Crippen LogP contribution >= 0.6 is 0 Å². The molecule has 0 aliphatic carbocycles. The predicted molar refractivity (Wildman–Crippen MR) is 89.4 cm³/mol. The van der Waals surface area contributed by atoms with Crippen molar-refractivity contribution in [2.45, 2.75) is 57.5 Å². The molecule has 8 heteroatoms. The summed E-state index contributed by atoms with van der Waals surface area (Å²) in [5.41, 5.74) is 7.61. The minimum atomic E-state index is -0.586. The topological polar surface area (TPSA) is 108 Å². The molecule has 0 spiro atoms. The van der Waals surface area contributed by atoms with Crippen molar-refractivity contribution in [2.24, 2.45) is 0 Å². The van der Waals surface area contributed by atoms with Gasteiger partial charge in [0, 0.05) is 13.5 Å². The second-order valence-corrected chi connectivity index (χ2v) is 6.19. The van der Waals surface area contributed by atoms with Gasteiger partial charge in [-0.3, -0.25) is 0 Å². The van der Waals surface area contributed by atoms with Gasteiger partial charge in [0.1, 0.15) is 18.2 Å². The number of nitrogens with two attached hydrogens (primary N) is 1. The summed E-state index contributed by atoms with van der Waals surface area (Å²) >= 11 is 0. The van der Waals surface area contributed by atoms with E-state index in [4.69, 9.17) is 20.3 Å². The SMILES string of the molecule is CCCCCc1nn([C@H]2C[C@H](O)[C@@H](COC)O2)c2ncnc(N)c12. The molecular formula is C16H25N5O3. The average Bonchev–Trinajstić information content (AvgIpc) is 3.10. The number of aryl methyl sites for hydroxylation is 1. The summed E-state index contributed by atoms with van der Waals surface area (Å²) in [5.74, 6) is 0.435. The first kappa shape index (κ1) is 17.1. The lowest BCUT2D eigenvalue weighted by atomic mass is 10.1. The molecule has 1 fully saturated rings. The first-order valence-corrected chi connectivity index (χ1v) is 8.45. The summed E-state index contributed by atoms with van der Waals surface area (Å²) in [6.07, 6.45) is 4.70. The molecule has 0 saturated carbocycles. The zero-order valence-corrected chi connectivity index (χ0v) is 14.2. The van der Waals surface area contributed by atoms with E-state index in [9.17, 15) is 5.11 Å². The van der Waals surface area contributed by atoms with Gasteiger partial charge in [-0.15, -0.1) is 0 Å². The number of nitrogen functional groups attached to an aromatic ring is 1. The molecule has 0 radical (unpaired) electrons. The van der Waals surface area contributed by atoms with Crippen LogP contribution < -0.4 is 5.73 Å². The Morgan fingerprint density at radius 3 is 3.00 bits per heavy atom. The standard InChI is InChI=1S/C16H25N5O3/c1-3-4-5-6-10-14-15(17)18-9-19-16(14)21(20-10)13-7-11(22)12(24-13)8-23-2/h9,11-13,22H,3-8H2,1-2H3,(H2,17,18,19)/t11-,12+,13+/m0/s1. The number of hydrogen-bond acceptors (Lipinski definition) is 7. The number of nitrogens with zero attached hydrogens (tertiary/aromatic N) is 4. The molecule has 132 valence electrons. The maximum Gasteiger partial charge on any atom is 0.166 e. The predicted octanol–water partition coefficient (Wildman–Crippen LogP) is 1.44. The molecule has 0 aromatic carbocycles. The molecule has 0 amide bonds. The number of aliphatic hydroxyl groups excluding tert-OH is 1. The van der Waals surface area contributed by atoms with Crippen LogP contribution in [0.3, 0.4) is 0 Å². The maximum atomic E-state index is 10.2. The Kier molecular flexibility index (Phi) is 5.27. The van der Waals surface area contributed by atoms with E-state index in [1.807, 2.05) is 0 Å². The van der Waals surface area contributed by atoms with Gasteiger partial charge in [-0.25, -0.2) is 14.6 Å². The number of unbranched alkanes of at least 4 members (excludes halogenated alkanes) is 2. The van der Waals surface area contributed by atoms with Gasteiger partial charge in [0.2, 0.25) is 0 Å². The summed E-state index contributed by atoms with van der Waals surface area (Å²) in [4.78, 5) is 8.45. The van der Waals surface area contributed by atoms with Gasteiger partial charge in [-0.05, 0) is 12.8 Å². The van der Waals surface area contributed by atoms with Crippen LogP contribution in [0.5, 0.6) is 0 Å². The third-order valence-electron chi connectivity index (χ3n) is 4.42. The first-order chi connectivity index (χ1) is 11.7. The van der Waals surface area contributed by atoms with Crippen LogP contribution in [0.25, 0.3) is 11.0 Å². The summed E-state index contributed by atoms with van der Waals surface area (Å²) < 4.78 is 12.7. The molecule has 8 nitrogen and oxygen atoms in total. The number of methoxy groups -OCH3 is 1. The fourth-order valence-corrected chi connectivity index (χ4v) is 3.16. The van der Waals surface area contributed by atoms with E-state index in [0.29, 0.717) is 24.5 Å².